The van der Waals surface area contributed by atoms with Crippen LogP contribution in [0.25, 0.3) is 0 Å². The maximum absolute atomic E-state index is 13.9. The Labute approximate surface area is 139 Å². The summed E-state index contributed by atoms with van der Waals surface area (Å²) in [5.41, 5.74) is 2.42. The Balaban J connectivity index is 2.18. The predicted molar refractivity (Wildman–Crippen MR) is 88.9 cm³/mol. The van der Waals surface area contributed by atoms with Crippen molar-refractivity contribution in [3.05, 3.63) is 59.2 Å². The molecule has 0 aliphatic carbocycles. The maximum atomic E-state index is 13.9. The molecule has 4 nitrogen and oxygen atoms in total. The highest BCUT2D eigenvalue weighted by atomic mass is 19.1. The number of carbonyl (C=O) groups excluding carboxylic acids is 2. The van der Waals surface area contributed by atoms with Crippen molar-refractivity contribution in [2.45, 2.75) is 20.8 Å². The minimum absolute atomic E-state index is 0.139. The second kappa shape index (κ2) is 7.21. The molecule has 2 amide bonds. The van der Waals surface area contributed by atoms with Crippen molar-refractivity contribution in [3.8, 4) is 0 Å². The van der Waals surface area contributed by atoms with Gasteiger partial charge in [0.15, 0.2) is 0 Å². The molecule has 6 heteroatoms. The van der Waals surface area contributed by atoms with E-state index in [0.717, 1.165) is 28.2 Å². The number of nitrogens with zero attached hydrogens (tertiary/aromatic N) is 1. The number of rotatable bonds is 4. The van der Waals surface area contributed by atoms with Crippen LogP contribution in [-0.2, 0) is 9.59 Å². The second-order valence-corrected chi connectivity index (χ2v) is 5.57. The van der Waals surface area contributed by atoms with Crippen LogP contribution in [0.15, 0.2) is 36.4 Å². The number of hydrogen-bond donors (Lipinski definition) is 1. The fraction of sp³-hybridized carbons (Fsp3) is 0.222. The van der Waals surface area contributed by atoms with Gasteiger partial charge in [0.2, 0.25) is 11.8 Å². The summed E-state index contributed by atoms with van der Waals surface area (Å²) in [5, 5.41) is 2.69. The van der Waals surface area contributed by atoms with Crippen molar-refractivity contribution in [3.63, 3.8) is 0 Å². The standard InChI is InChI=1S/C18H18F2N2O2/c1-11-4-6-16(12(2)8-11)21-18(24)10-22(13(3)23)17-7-5-14(19)9-15(17)20/h4-9H,10H2,1-3H3,(H,21,24). The molecule has 0 saturated heterocycles. The molecule has 0 radical (unpaired) electrons. The highest BCUT2D eigenvalue weighted by Crippen LogP contribution is 2.21. The van der Waals surface area contributed by atoms with Crippen molar-refractivity contribution >= 4 is 23.2 Å². The summed E-state index contributed by atoms with van der Waals surface area (Å²) in [6.07, 6.45) is 0. The molecule has 24 heavy (non-hydrogen) atoms. The topological polar surface area (TPSA) is 49.4 Å². The van der Waals surface area contributed by atoms with Crippen LogP contribution < -0.4 is 10.2 Å². The molecular weight excluding hydrogens is 314 g/mol. The molecule has 1 N–H and O–H groups in total. The molecule has 2 rings (SSSR count). The fourth-order valence-electron chi connectivity index (χ4n) is 2.35. The Morgan fingerprint density at radius 3 is 2.38 bits per heavy atom. The van der Waals surface area contributed by atoms with Crippen LogP contribution in [-0.4, -0.2) is 18.4 Å². The SMILES string of the molecule is CC(=O)N(CC(=O)Nc1ccc(C)cc1C)c1ccc(F)cc1F. The Morgan fingerprint density at radius 2 is 1.79 bits per heavy atom. The number of aryl methyl sites for hydroxylation is 2. The third-order valence-corrected chi connectivity index (χ3v) is 3.54. The van der Waals surface area contributed by atoms with Gasteiger partial charge in [-0.3, -0.25) is 9.59 Å². The van der Waals surface area contributed by atoms with Gasteiger partial charge < -0.3 is 10.2 Å². The molecule has 0 saturated carbocycles. The summed E-state index contributed by atoms with van der Waals surface area (Å²) in [6.45, 7) is 4.64. The van der Waals surface area contributed by atoms with Crippen molar-refractivity contribution < 1.29 is 18.4 Å². The molecule has 0 bridgehead atoms. The number of halogens is 2. The molecule has 0 spiro atoms. The molecule has 0 aliphatic rings. The number of hydrogen-bond acceptors (Lipinski definition) is 2. The van der Waals surface area contributed by atoms with Gasteiger partial charge in [0, 0.05) is 18.7 Å². The van der Waals surface area contributed by atoms with Crippen LogP contribution in [0.1, 0.15) is 18.1 Å². The lowest BCUT2D eigenvalue weighted by molar-refractivity contribution is -0.120. The van der Waals surface area contributed by atoms with Gasteiger partial charge in [-0.1, -0.05) is 17.7 Å². The summed E-state index contributed by atoms with van der Waals surface area (Å²) in [5.74, 6) is -2.64. The first-order valence-electron chi connectivity index (χ1n) is 7.38. The molecule has 0 unspecified atom stereocenters. The van der Waals surface area contributed by atoms with Crippen LogP contribution in [0.2, 0.25) is 0 Å². The zero-order valence-corrected chi connectivity index (χ0v) is 13.7. The van der Waals surface area contributed by atoms with Crippen molar-refractivity contribution in [1.82, 2.24) is 0 Å². The minimum Gasteiger partial charge on any atom is -0.324 e. The summed E-state index contributed by atoms with van der Waals surface area (Å²) in [6, 6.07) is 8.38. The molecular formula is C18H18F2N2O2. The monoisotopic (exact) mass is 332 g/mol. The number of anilines is 2. The lowest BCUT2D eigenvalue weighted by Crippen LogP contribution is -2.37. The Kier molecular flexibility index (Phi) is 5.28. The second-order valence-electron chi connectivity index (χ2n) is 5.57. The summed E-state index contributed by atoms with van der Waals surface area (Å²) in [4.78, 5) is 24.9. The van der Waals surface area contributed by atoms with E-state index in [9.17, 15) is 18.4 Å². The van der Waals surface area contributed by atoms with E-state index in [2.05, 4.69) is 5.32 Å². The number of benzene rings is 2. The predicted octanol–water partition coefficient (Wildman–Crippen LogP) is 3.57. The molecule has 0 aromatic heterocycles. The Hall–Kier alpha value is -2.76. The van der Waals surface area contributed by atoms with Gasteiger partial charge in [0.05, 0.1) is 5.69 Å². The van der Waals surface area contributed by atoms with Gasteiger partial charge >= 0.3 is 0 Å². The van der Waals surface area contributed by atoms with E-state index >= 15 is 0 Å². The van der Waals surface area contributed by atoms with E-state index in [-0.39, 0.29) is 12.2 Å². The van der Waals surface area contributed by atoms with Crippen molar-refractivity contribution in [2.75, 3.05) is 16.8 Å². The molecule has 0 heterocycles. The van der Waals surface area contributed by atoms with Gasteiger partial charge in [0.1, 0.15) is 18.2 Å². The quantitative estimate of drug-likeness (QED) is 0.930. The highest BCUT2D eigenvalue weighted by Gasteiger charge is 2.20. The van der Waals surface area contributed by atoms with Gasteiger partial charge in [-0.2, -0.15) is 0 Å². The molecule has 0 aliphatic heterocycles. The number of amides is 2. The van der Waals surface area contributed by atoms with Crippen LogP contribution in [0, 0.1) is 25.5 Å². The molecule has 2 aromatic carbocycles. The first kappa shape index (κ1) is 17.6. The lowest BCUT2D eigenvalue weighted by Gasteiger charge is -2.21. The fourth-order valence-corrected chi connectivity index (χ4v) is 2.35. The van der Waals surface area contributed by atoms with Crippen LogP contribution in [0.5, 0.6) is 0 Å². The molecule has 126 valence electrons. The van der Waals surface area contributed by atoms with Crippen molar-refractivity contribution in [1.29, 1.82) is 0 Å². The summed E-state index contributed by atoms with van der Waals surface area (Å²) in [7, 11) is 0. The highest BCUT2D eigenvalue weighted by molar-refractivity contribution is 6.02. The third-order valence-electron chi connectivity index (χ3n) is 3.54. The van der Waals surface area contributed by atoms with Gasteiger partial charge in [-0.05, 0) is 37.6 Å². The van der Waals surface area contributed by atoms with Crippen molar-refractivity contribution in [2.24, 2.45) is 0 Å². The first-order chi connectivity index (χ1) is 11.3. The van der Waals surface area contributed by atoms with Gasteiger partial charge in [-0.15, -0.1) is 0 Å². The van der Waals surface area contributed by atoms with E-state index in [1.54, 1.807) is 6.07 Å². The number of nitrogens with one attached hydrogen (secondary N) is 1. The molecule has 0 atom stereocenters. The molecule has 0 fully saturated rings. The summed E-state index contributed by atoms with van der Waals surface area (Å²) < 4.78 is 26.9. The van der Waals surface area contributed by atoms with E-state index in [4.69, 9.17) is 0 Å². The van der Waals surface area contributed by atoms with E-state index in [0.29, 0.717) is 11.8 Å². The zero-order chi connectivity index (χ0) is 17.9. The molecule has 2 aromatic rings. The largest absolute Gasteiger partial charge is 0.324 e. The van der Waals surface area contributed by atoms with Crippen LogP contribution in [0.3, 0.4) is 0 Å². The van der Waals surface area contributed by atoms with E-state index < -0.39 is 23.4 Å². The number of carbonyl (C=O) groups is 2. The minimum atomic E-state index is -0.899. The maximum Gasteiger partial charge on any atom is 0.244 e. The average Bonchev–Trinajstić information content (AvgIpc) is 2.48. The normalized spacial score (nSPS) is 10.4. The van der Waals surface area contributed by atoms with E-state index in [1.165, 1.54) is 6.92 Å². The smallest absolute Gasteiger partial charge is 0.244 e. The van der Waals surface area contributed by atoms with E-state index in [1.807, 2.05) is 26.0 Å². The Morgan fingerprint density at radius 1 is 1.08 bits per heavy atom. The summed E-state index contributed by atoms with van der Waals surface area (Å²) >= 11 is 0. The van der Waals surface area contributed by atoms with Crippen LogP contribution in [0.4, 0.5) is 20.2 Å². The Bertz CT molecular complexity index is 791. The zero-order valence-electron chi connectivity index (χ0n) is 13.7. The lowest BCUT2D eigenvalue weighted by atomic mass is 10.1. The van der Waals surface area contributed by atoms with Gasteiger partial charge in [-0.25, -0.2) is 8.78 Å². The van der Waals surface area contributed by atoms with Crippen LogP contribution >= 0.6 is 0 Å². The van der Waals surface area contributed by atoms with Gasteiger partial charge in [0.25, 0.3) is 0 Å². The first-order valence-corrected chi connectivity index (χ1v) is 7.38. The third kappa shape index (κ3) is 4.16. The average molecular weight is 332 g/mol.